The summed E-state index contributed by atoms with van der Waals surface area (Å²) >= 11 is 0. The monoisotopic (exact) mass is 296 g/mol. The average Bonchev–Trinajstić information content (AvgIpc) is 2.90. The summed E-state index contributed by atoms with van der Waals surface area (Å²) in [6, 6.07) is 26.3. The molecule has 0 aliphatic heterocycles. The molecule has 112 valence electrons. The molecule has 0 nitrogen and oxygen atoms in total. The fraction of sp³-hybridized carbons (Fsp3) is 0.130. The first-order chi connectivity index (χ1) is 11.2. The Balaban J connectivity index is 1.85. The lowest BCUT2D eigenvalue weighted by Crippen LogP contribution is -1.87. The van der Waals surface area contributed by atoms with Gasteiger partial charge in [-0.25, -0.2) is 0 Å². The lowest BCUT2D eigenvalue weighted by Gasteiger charge is -2.06. The Morgan fingerprint density at radius 1 is 0.609 bits per heavy atom. The molecular weight excluding hydrogens is 276 g/mol. The summed E-state index contributed by atoms with van der Waals surface area (Å²) in [4.78, 5) is 0. The van der Waals surface area contributed by atoms with Crippen LogP contribution in [0.3, 0.4) is 0 Å². The van der Waals surface area contributed by atoms with Crippen molar-refractivity contribution >= 4 is 11.6 Å². The van der Waals surface area contributed by atoms with Crippen molar-refractivity contribution in [3.63, 3.8) is 0 Å². The van der Waals surface area contributed by atoms with Gasteiger partial charge >= 0.3 is 0 Å². The van der Waals surface area contributed by atoms with E-state index in [-0.39, 0.29) is 0 Å². The summed E-state index contributed by atoms with van der Waals surface area (Å²) in [5, 5.41) is 0. The number of fused-ring (bicyclic) bond motifs is 3. The lowest BCUT2D eigenvalue weighted by molar-refractivity contribution is 0.866. The molecule has 0 aromatic heterocycles. The minimum atomic E-state index is 0.574. The van der Waals surface area contributed by atoms with Gasteiger partial charge in [-0.05, 0) is 50.9 Å². The molecule has 0 heteroatoms. The highest BCUT2D eigenvalue weighted by Crippen LogP contribution is 2.44. The van der Waals surface area contributed by atoms with E-state index < -0.39 is 0 Å². The topological polar surface area (TPSA) is 0 Å². The molecule has 3 aromatic rings. The van der Waals surface area contributed by atoms with Gasteiger partial charge in [-0.2, -0.15) is 0 Å². The van der Waals surface area contributed by atoms with Crippen LogP contribution in [0.4, 0.5) is 0 Å². The fourth-order valence-electron chi connectivity index (χ4n) is 3.35. The molecule has 0 fully saturated rings. The van der Waals surface area contributed by atoms with Crippen LogP contribution < -0.4 is 0 Å². The molecule has 1 aliphatic carbocycles. The van der Waals surface area contributed by atoms with E-state index in [2.05, 4.69) is 92.7 Å². The van der Waals surface area contributed by atoms with Crippen molar-refractivity contribution in [1.82, 2.24) is 0 Å². The molecule has 0 unspecified atom stereocenters. The third-order valence-electron chi connectivity index (χ3n) is 4.64. The predicted molar refractivity (Wildman–Crippen MR) is 99.4 cm³/mol. The van der Waals surface area contributed by atoms with Gasteiger partial charge in [0.15, 0.2) is 0 Å². The van der Waals surface area contributed by atoms with Crippen LogP contribution in [0.2, 0.25) is 0 Å². The Morgan fingerprint density at radius 3 is 1.57 bits per heavy atom. The summed E-state index contributed by atoms with van der Waals surface area (Å²) in [5.74, 6) is 0.574. The van der Waals surface area contributed by atoms with Gasteiger partial charge < -0.3 is 0 Å². The van der Waals surface area contributed by atoms with Crippen LogP contribution in [-0.4, -0.2) is 0 Å². The van der Waals surface area contributed by atoms with Crippen LogP contribution >= 0.6 is 0 Å². The first-order valence-electron chi connectivity index (χ1n) is 8.25. The van der Waals surface area contributed by atoms with Crippen LogP contribution in [0, 0.1) is 0 Å². The zero-order valence-electron chi connectivity index (χ0n) is 13.6. The molecule has 23 heavy (non-hydrogen) atoms. The summed E-state index contributed by atoms with van der Waals surface area (Å²) in [6.45, 7) is 4.47. The molecule has 0 atom stereocenters. The maximum atomic E-state index is 2.31. The molecule has 0 bridgehead atoms. The summed E-state index contributed by atoms with van der Waals surface area (Å²) in [6.07, 6.45) is 2.31. The van der Waals surface area contributed by atoms with Crippen molar-refractivity contribution in [3.05, 3.63) is 95.1 Å². The van der Waals surface area contributed by atoms with E-state index in [1.807, 2.05) is 0 Å². The molecular formula is C23H20. The van der Waals surface area contributed by atoms with E-state index in [9.17, 15) is 0 Å². The molecule has 3 aromatic carbocycles. The second-order valence-electron chi connectivity index (χ2n) is 6.47. The van der Waals surface area contributed by atoms with Gasteiger partial charge in [0.25, 0.3) is 0 Å². The fourth-order valence-corrected chi connectivity index (χ4v) is 3.35. The molecule has 4 rings (SSSR count). The minimum Gasteiger partial charge on any atom is -0.0616 e. The SMILES string of the molecule is CC(C)c1ccc(C=C2c3ccccc3-c3ccccc32)cc1. The van der Waals surface area contributed by atoms with Gasteiger partial charge in [0.1, 0.15) is 0 Å². The lowest BCUT2D eigenvalue weighted by atomic mass is 9.98. The van der Waals surface area contributed by atoms with E-state index in [4.69, 9.17) is 0 Å². The highest BCUT2D eigenvalue weighted by Gasteiger charge is 2.22. The molecule has 0 heterocycles. The summed E-state index contributed by atoms with van der Waals surface area (Å²) in [7, 11) is 0. The van der Waals surface area contributed by atoms with E-state index >= 15 is 0 Å². The maximum absolute atomic E-state index is 2.31. The largest absolute Gasteiger partial charge is 0.0616 e. The zero-order chi connectivity index (χ0) is 15.8. The highest BCUT2D eigenvalue weighted by atomic mass is 14.2. The predicted octanol–water partition coefficient (Wildman–Crippen LogP) is 6.38. The second-order valence-corrected chi connectivity index (χ2v) is 6.47. The van der Waals surface area contributed by atoms with Crippen LogP contribution in [0.1, 0.15) is 42.0 Å². The number of hydrogen-bond acceptors (Lipinski definition) is 0. The van der Waals surface area contributed by atoms with Gasteiger partial charge in [-0.15, -0.1) is 0 Å². The van der Waals surface area contributed by atoms with Crippen molar-refractivity contribution < 1.29 is 0 Å². The Hall–Kier alpha value is -2.60. The van der Waals surface area contributed by atoms with Crippen LogP contribution in [0.5, 0.6) is 0 Å². The molecule has 0 spiro atoms. The van der Waals surface area contributed by atoms with E-state index in [1.165, 1.54) is 39.0 Å². The molecule has 0 saturated heterocycles. The van der Waals surface area contributed by atoms with Crippen molar-refractivity contribution in [2.24, 2.45) is 0 Å². The highest BCUT2D eigenvalue weighted by molar-refractivity contribution is 6.06. The normalized spacial score (nSPS) is 12.2. The Morgan fingerprint density at radius 2 is 1.09 bits per heavy atom. The quantitative estimate of drug-likeness (QED) is 0.402. The maximum Gasteiger partial charge on any atom is -0.00930 e. The zero-order valence-corrected chi connectivity index (χ0v) is 13.6. The second kappa shape index (κ2) is 5.55. The Bertz CT molecular complexity index is 832. The van der Waals surface area contributed by atoms with Gasteiger partial charge in [0.2, 0.25) is 0 Å². The smallest absolute Gasteiger partial charge is 0.00930 e. The van der Waals surface area contributed by atoms with E-state index in [1.54, 1.807) is 0 Å². The number of benzene rings is 3. The standard InChI is InChI=1S/C23H20/c1-16(2)18-13-11-17(12-14-18)15-23-21-9-5-3-7-19(21)20-8-4-6-10-22(20)23/h3-16H,1-2H3. The van der Waals surface area contributed by atoms with Gasteiger partial charge in [-0.3, -0.25) is 0 Å². The van der Waals surface area contributed by atoms with Crippen LogP contribution in [0.25, 0.3) is 22.8 Å². The van der Waals surface area contributed by atoms with Crippen molar-refractivity contribution in [1.29, 1.82) is 0 Å². The van der Waals surface area contributed by atoms with Crippen molar-refractivity contribution in [2.45, 2.75) is 19.8 Å². The minimum absolute atomic E-state index is 0.574. The Kier molecular flexibility index (Phi) is 3.38. The van der Waals surface area contributed by atoms with E-state index in [0.717, 1.165) is 0 Å². The first kappa shape index (κ1) is 14.0. The molecule has 0 amide bonds. The van der Waals surface area contributed by atoms with Crippen molar-refractivity contribution in [3.8, 4) is 11.1 Å². The van der Waals surface area contributed by atoms with Crippen molar-refractivity contribution in [2.75, 3.05) is 0 Å². The molecule has 0 saturated carbocycles. The molecule has 0 radical (unpaired) electrons. The number of rotatable bonds is 2. The van der Waals surface area contributed by atoms with Gasteiger partial charge in [-0.1, -0.05) is 86.6 Å². The third kappa shape index (κ3) is 2.41. The summed E-state index contributed by atoms with van der Waals surface area (Å²) < 4.78 is 0. The summed E-state index contributed by atoms with van der Waals surface area (Å²) in [5.41, 5.74) is 9.33. The van der Waals surface area contributed by atoms with E-state index in [0.29, 0.717) is 5.92 Å². The number of hydrogen-bond donors (Lipinski definition) is 0. The first-order valence-corrected chi connectivity index (χ1v) is 8.25. The average molecular weight is 296 g/mol. The molecule has 1 aliphatic rings. The van der Waals surface area contributed by atoms with Gasteiger partial charge in [0.05, 0.1) is 0 Å². The van der Waals surface area contributed by atoms with Crippen LogP contribution in [0.15, 0.2) is 72.8 Å². The van der Waals surface area contributed by atoms with Gasteiger partial charge in [0, 0.05) is 0 Å². The third-order valence-corrected chi connectivity index (χ3v) is 4.64. The Labute approximate surface area is 138 Å². The molecule has 0 N–H and O–H groups in total. The van der Waals surface area contributed by atoms with Crippen LogP contribution in [-0.2, 0) is 0 Å².